The first-order valence-electron chi connectivity index (χ1n) is 8.93. The largest absolute Gasteiger partial charge is 0.308 e. The Kier molecular flexibility index (Phi) is 4.70. The molecular formula is C20H21N5OS. The first-order valence-corrected chi connectivity index (χ1v) is 9.81. The van der Waals surface area contributed by atoms with Crippen molar-refractivity contribution >= 4 is 23.4 Å². The second-order valence-corrected chi connectivity index (χ2v) is 8.06. The quantitative estimate of drug-likeness (QED) is 0.651. The molecular weight excluding hydrogens is 358 g/mol. The lowest BCUT2D eigenvalue weighted by Crippen LogP contribution is -2.40. The van der Waals surface area contributed by atoms with Crippen LogP contribution in [0.4, 0.5) is 5.69 Å². The van der Waals surface area contributed by atoms with Crippen molar-refractivity contribution < 1.29 is 4.79 Å². The van der Waals surface area contributed by atoms with E-state index in [1.807, 2.05) is 53.8 Å². The van der Waals surface area contributed by atoms with Gasteiger partial charge in [0.1, 0.15) is 0 Å². The van der Waals surface area contributed by atoms with E-state index in [4.69, 9.17) is 0 Å². The van der Waals surface area contributed by atoms with Gasteiger partial charge in [-0.2, -0.15) is 0 Å². The maximum absolute atomic E-state index is 13.2. The maximum Gasteiger partial charge on any atom is 0.240 e. The predicted molar refractivity (Wildman–Crippen MR) is 107 cm³/mol. The number of amides is 1. The number of anilines is 1. The standard InChI is InChI=1S/C20H21N5OS/c1-13-12-16-6-4-5-7-17(16)25(13)19(26)14(2)27-20-23-22-18(24(20)3)15-8-10-21-11-9-15/h4-11,13-14H,12H2,1-3H3/t13-,14+/m1/s1. The average Bonchev–Trinajstić information content (AvgIpc) is 3.21. The highest BCUT2D eigenvalue weighted by Gasteiger charge is 2.34. The monoisotopic (exact) mass is 379 g/mol. The summed E-state index contributed by atoms with van der Waals surface area (Å²) in [6.45, 7) is 4.03. The van der Waals surface area contributed by atoms with E-state index in [1.54, 1.807) is 12.4 Å². The predicted octanol–water partition coefficient (Wildman–Crippen LogP) is 3.34. The van der Waals surface area contributed by atoms with Crippen LogP contribution < -0.4 is 4.90 Å². The minimum absolute atomic E-state index is 0.103. The van der Waals surface area contributed by atoms with E-state index in [-0.39, 0.29) is 17.2 Å². The Morgan fingerprint density at radius 2 is 1.93 bits per heavy atom. The van der Waals surface area contributed by atoms with Gasteiger partial charge in [-0.1, -0.05) is 30.0 Å². The molecule has 1 aromatic carbocycles. The van der Waals surface area contributed by atoms with Gasteiger partial charge in [-0.3, -0.25) is 9.78 Å². The SMILES string of the molecule is C[C@H](Sc1nnc(-c2ccncc2)n1C)C(=O)N1c2ccccc2C[C@H]1C. The summed E-state index contributed by atoms with van der Waals surface area (Å²) in [5.74, 6) is 0.866. The van der Waals surface area contributed by atoms with Crippen LogP contribution in [0.2, 0.25) is 0 Å². The van der Waals surface area contributed by atoms with Crippen LogP contribution in [0.5, 0.6) is 0 Å². The second-order valence-electron chi connectivity index (χ2n) is 6.75. The lowest BCUT2D eigenvalue weighted by molar-refractivity contribution is -0.118. The van der Waals surface area contributed by atoms with E-state index >= 15 is 0 Å². The molecule has 138 valence electrons. The maximum atomic E-state index is 13.2. The molecule has 0 fully saturated rings. The van der Waals surface area contributed by atoms with E-state index in [0.717, 1.165) is 28.7 Å². The number of hydrogen-bond acceptors (Lipinski definition) is 5. The summed E-state index contributed by atoms with van der Waals surface area (Å²) < 4.78 is 1.92. The van der Waals surface area contributed by atoms with Crippen LogP contribution in [-0.4, -0.2) is 36.9 Å². The van der Waals surface area contributed by atoms with E-state index < -0.39 is 0 Å². The van der Waals surface area contributed by atoms with Gasteiger partial charge >= 0.3 is 0 Å². The summed E-state index contributed by atoms with van der Waals surface area (Å²) in [4.78, 5) is 19.1. The molecule has 0 bridgehead atoms. The molecule has 1 amide bonds. The average molecular weight is 379 g/mol. The molecule has 0 unspecified atom stereocenters. The third-order valence-electron chi connectivity index (χ3n) is 4.85. The summed E-state index contributed by atoms with van der Waals surface area (Å²) in [5.41, 5.74) is 3.21. The number of nitrogens with zero attached hydrogens (tertiary/aromatic N) is 5. The fourth-order valence-corrected chi connectivity index (χ4v) is 4.34. The van der Waals surface area contributed by atoms with Crippen LogP contribution in [0.3, 0.4) is 0 Å². The molecule has 0 N–H and O–H groups in total. The minimum atomic E-state index is -0.258. The molecule has 1 aliphatic rings. The lowest BCUT2D eigenvalue weighted by Gasteiger charge is -2.25. The van der Waals surface area contributed by atoms with Crippen molar-refractivity contribution in [3.63, 3.8) is 0 Å². The molecule has 4 rings (SSSR count). The van der Waals surface area contributed by atoms with Gasteiger partial charge in [-0.15, -0.1) is 10.2 Å². The van der Waals surface area contributed by atoms with Gasteiger partial charge in [0.05, 0.1) is 5.25 Å². The van der Waals surface area contributed by atoms with Crippen molar-refractivity contribution in [3.05, 3.63) is 54.4 Å². The number of hydrogen-bond donors (Lipinski definition) is 0. The zero-order valence-electron chi connectivity index (χ0n) is 15.5. The molecule has 6 nitrogen and oxygen atoms in total. The van der Waals surface area contributed by atoms with Gasteiger partial charge < -0.3 is 9.47 Å². The topological polar surface area (TPSA) is 63.9 Å². The van der Waals surface area contributed by atoms with E-state index in [2.05, 4.69) is 28.2 Å². The van der Waals surface area contributed by atoms with E-state index in [1.165, 1.54) is 17.3 Å². The summed E-state index contributed by atoms with van der Waals surface area (Å²) in [5, 5.41) is 9.04. The van der Waals surface area contributed by atoms with Crippen LogP contribution in [-0.2, 0) is 18.3 Å². The van der Waals surface area contributed by atoms with Crippen molar-refractivity contribution in [1.29, 1.82) is 0 Å². The zero-order chi connectivity index (χ0) is 19.0. The third-order valence-corrected chi connectivity index (χ3v) is 5.97. The molecule has 1 aliphatic heterocycles. The Morgan fingerprint density at radius 1 is 1.19 bits per heavy atom. The smallest absolute Gasteiger partial charge is 0.240 e. The highest BCUT2D eigenvalue weighted by molar-refractivity contribution is 8.00. The Morgan fingerprint density at radius 3 is 2.70 bits per heavy atom. The second kappa shape index (κ2) is 7.15. The Labute approximate surface area is 162 Å². The fraction of sp³-hybridized carbons (Fsp3) is 0.300. The number of pyridine rings is 1. The first-order chi connectivity index (χ1) is 13.1. The molecule has 0 saturated carbocycles. The lowest BCUT2D eigenvalue weighted by atomic mass is 10.1. The number of rotatable bonds is 4. The molecule has 7 heteroatoms. The number of carbonyl (C=O) groups excluding carboxylic acids is 1. The van der Waals surface area contributed by atoms with Crippen LogP contribution >= 0.6 is 11.8 Å². The van der Waals surface area contributed by atoms with Crippen molar-refractivity contribution in [2.75, 3.05) is 4.90 Å². The molecule has 2 atom stereocenters. The van der Waals surface area contributed by atoms with Gasteiger partial charge in [0.15, 0.2) is 11.0 Å². The van der Waals surface area contributed by atoms with Crippen LogP contribution in [0.1, 0.15) is 19.4 Å². The molecule has 3 aromatic rings. The van der Waals surface area contributed by atoms with Gasteiger partial charge in [0.25, 0.3) is 0 Å². The highest BCUT2D eigenvalue weighted by atomic mass is 32.2. The summed E-state index contributed by atoms with van der Waals surface area (Å²) >= 11 is 1.44. The number of benzene rings is 1. The van der Waals surface area contributed by atoms with Crippen LogP contribution in [0.15, 0.2) is 53.9 Å². The van der Waals surface area contributed by atoms with Crippen molar-refractivity contribution in [2.45, 2.75) is 36.7 Å². The fourth-order valence-electron chi connectivity index (χ4n) is 3.48. The van der Waals surface area contributed by atoms with E-state index in [9.17, 15) is 4.79 Å². The van der Waals surface area contributed by atoms with Crippen LogP contribution in [0.25, 0.3) is 11.4 Å². The number of fused-ring (bicyclic) bond motifs is 1. The van der Waals surface area contributed by atoms with E-state index in [0.29, 0.717) is 0 Å². The van der Waals surface area contributed by atoms with Crippen molar-refractivity contribution in [2.24, 2.45) is 7.05 Å². The van der Waals surface area contributed by atoms with Crippen LogP contribution in [0, 0.1) is 0 Å². The molecule has 2 aromatic heterocycles. The Hall–Kier alpha value is -2.67. The van der Waals surface area contributed by atoms with Crippen molar-refractivity contribution in [3.8, 4) is 11.4 Å². The third kappa shape index (κ3) is 3.23. The summed E-state index contributed by atoms with van der Waals surface area (Å²) in [6.07, 6.45) is 4.36. The zero-order valence-corrected chi connectivity index (χ0v) is 16.3. The number of para-hydroxylation sites is 1. The highest BCUT2D eigenvalue weighted by Crippen LogP contribution is 2.34. The Balaban J connectivity index is 1.54. The summed E-state index contributed by atoms with van der Waals surface area (Å²) in [6, 6.07) is 12.1. The van der Waals surface area contributed by atoms with Crippen molar-refractivity contribution in [1.82, 2.24) is 19.7 Å². The number of aromatic nitrogens is 4. The van der Waals surface area contributed by atoms with Gasteiger partial charge in [0, 0.05) is 36.7 Å². The minimum Gasteiger partial charge on any atom is -0.308 e. The molecule has 0 radical (unpaired) electrons. The summed E-state index contributed by atoms with van der Waals surface area (Å²) in [7, 11) is 1.92. The van der Waals surface area contributed by atoms with Gasteiger partial charge in [-0.25, -0.2) is 0 Å². The Bertz CT molecular complexity index is 972. The first kappa shape index (κ1) is 17.7. The number of carbonyl (C=O) groups is 1. The van der Waals surface area contributed by atoms with Gasteiger partial charge in [0.2, 0.25) is 5.91 Å². The normalized spacial score (nSPS) is 17.0. The molecule has 27 heavy (non-hydrogen) atoms. The molecule has 0 spiro atoms. The molecule has 3 heterocycles. The number of thioether (sulfide) groups is 1. The molecule has 0 aliphatic carbocycles. The molecule has 0 saturated heterocycles. The van der Waals surface area contributed by atoms with Gasteiger partial charge in [-0.05, 0) is 44.0 Å².